The molecule has 1 atom stereocenters. The molecule has 2 N–H and O–H groups in total. The maximum Gasteiger partial charge on any atom is 0.315 e. The SMILES string of the molecule is CC(C)(C)C(NC(=O)NCCc1cnn(-c2ccccc2)c1)c1ccccc1. The Morgan fingerprint density at radius 2 is 1.68 bits per heavy atom. The highest BCUT2D eigenvalue weighted by molar-refractivity contribution is 5.74. The number of rotatable bonds is 6. The Morgan fingerprint density at radius 3 is 2.32 bits per heavy atom. The van der Waals surface area contributed by atoms with E-state index in [4.69, 9.17) is 0 Å². The van der Waals surface area contributed by atoms with Crippen molar-refractivity contribution in [1.29, 1.82) is 0 Å². The molecule has 0 fully saturated rings. The Hall–Kier alpha value is -3.08. The summed E-state index contributed by atoms with van der Waals surface area (Å²) in [6.07, 6.45) is 4.57. The van der Waals surface area contributed by atoms with Gasteiger partial charge in [-0.3, -0.25) is 0 Å². The molecule has 1 unspecified atom stereocenters. The number of para-hydroxylation sites is 1. The normalized spacial score (nSPS) is 12.4. The van der Waals surface area contributed by atoms with Crippen molar-refractivity contribution in [2.75, 3.05) is 6.54 Å². The van der Waals surface area contributed by atoms with E-state index >= 15 is 0 Å². The van der Waals surface area contributed by atoms with E-state index in [-0.39, 0.29) is 17.5 Å². The number of carbonyl (C=O) groups is 1. The maximum atomic E-state index is 12.4. The van der Waals surface area contributed by atoms with Crippen molar-refractivity contribution in [2.45, 2.75) is 33.2 Å². The summed E-state index contributed by atoms with van der Waals surface area (Å²) in [5.41, 5.74) is 3.12. The van der Waals surface area contributed by atoms with Gasteiger partial charge < -0.3 is 10.6 Å². The Labute approximate surface area is 166 Å². The van der Waals surface area contributed by atoms with E-state index in [9.17, 15) is 4.79 Å². The van der Waals surface area contributed by atoms with Gasteiger partial charge in [-0.15, -0.1) is 0 Å². The molecule has 0 aliphatic heterocycles. The zero-order valence-electron chi connectivity index (χ0n) is 16.7. The average Bonchev–Trinajstić information content (AvgIpc) is 3.15. The molecule has 3 rings (SSSR count). The van der Waals surface area contributed by atoms with Crippen LogP contribution in [-0.4, -0.2) is 22.4 Å². The van der Waals surface area contributed by atoms with Crippen LogP contribution in [0.4, 0.5) is 4.79 Å². The standard InChI is InChI=1S/C23H28N4O/c1-23(2,3)21(19-10-6-4-7-11-19)26-22(28)24-15-14-18-16-25-27(17-18)20-12-8-5-9-13-20/h4-13,16-17,21H,14-15H2,1-3H3,(H2,24,26,28). The van der Waals surface area contributed by atoms with E-state index in [0.717, 1.165) is 23.2 Å². The number of hydrogen-bond acceptors (Lipinski definition) is 2. The first kappa shape index (κ1) is 19.7. The summed E-state index contributed by atoms with van der Waals surface area (Å²) in [5, 5.41) is 10.5. The van der Waals surface area contributed by atoms with Gasteiger partial charge in [0.25, 0.3) is 0 Å². The fourth-order valence-electron chi connectivity index (χ4n) is 3.16. The molecule has 28 heavy (non-hydrogen) atoms. The molecule has 5 nitrogen and oxygen atoms in total. The topological polar surface area (TPSA) is 59.0 Å². The lowest BCUT2D eigenvalue weighted by Crippen LogP contribution is -2.43. The molecule has 0 aliphatic rings. The lowest BCUT2D eigenvalue weighted by atomic mass is 9.82. The van der Waals surface area contributed by atoms with E-state index in [1.807, 2.05) is 77.7 Å². The van der Waals surface area contributed by atoms with Gasteiger partial charge in [0.15, 0.2) is 0 Å². The van der Waals surface area contributed by atoms with E-state index < -0.39 is 0 Å². The second-order valence-electron chi connectivity index (χ2n) is 7.99. The summed E-state index contributed by atoms with van der Waals surface area (Å²) >= 11 is 0. The van der Waals surface area contributed by atoms with Gasteiger partial charge in [0.2, 0.25) is 0 Å². The first-order valence-corrected chi connectivity index (χ1v) is 9.62. The van der Waals surface area contributed by atoms with Crippen LogP contribution in [0.2, 0.25) is 0 Å². The van der Waals surface area contributed by atoms with Gasteiger partial charge in [0, 0.05) is 12.7 Å². The summed E-state index contributed by atoms with van der Waals surface area (Å²) in [4.78, 5) is 12.4. The third-order valence-electron chi connectivity index (χ3n) is 4.63. The minimum absolute atomic E-state index is 0.0606. The average molecular weight is 377 g/mol. The summed E-state index contributed by atoms with van der Waals surface area (Å²) in [7, 11) is 0. The van der Waals surface area contributed by atoms with Crippen molar-refractivity contribution in [3.63, 3.8) is 0 Å². The molecular formula is C23H28N4O. The molecular weight excluding hydrogens is 348 g/mol. The quantitative estimate of drug-likeness (QED) is 0.665. The smallest absolute Gasteiger partial charge is 0.315 e. The predicted molar refractivity (Wildman–Crippen MR) is 112 cm³/mol. The number of benzene rings is 2. The first-order chi connectivity index (χ1) is 13.4. The molecule has 1 aromatic heterocycles. The first-order valence-electron chi connectivity index (χ1n) is 9.62. The zero-order chi connectivity index (χ0) is 20.0. The number of urea groups is 1. The third-order valence-corrected chi connectivity index (χ3v) is 4.63. The van der Waals surface area contributed by atoms with E-state index in [1.165, 1.54) is 0 Å². The minimum atomic E-state index is -0.153. The van der Waals surface area contributed by atoms with Crippen LogP contribution in [-0.2, 0) is 6.42 Å². The van der Waals surface area contributed by atoms with Crippen LogP contribution in [0.3, 0.4) is 0 Å². The minimum Gasteiger partial charge on any atom is -0.338 e. The van der Waals surface area contributed by atoms with Crippen molar-refractivity contribution < 1.29 is 4.79 Å². The number of nitrogens with one attached hydrogen (secondary N) is 2. The summed E-state index contributed by atoms with van der Waals surface area (Å²) in [6.45, 7) is 6.94. The fourth-order valence-corrected chi connectivity index (χ4v) is 3.16. The van der Waals surface area contributed by atoms with Crippen molar-refractivity contribution in [3.8, 4) is 5.69 Å². The fraction of sp³-hybridized carbons (Fsp3) is 0.304. The third kappa shape index (κ3) is 5.22. The van der Waals surface area contributed by atoms with E-state index in [0.29, 0.717) is 6.54 Å². The number of amides is 2. The molecule has 3 aromatic rings. The van der Waals surface area contributed by atoms with Crippen LogP contribution in [0.15, 0.2) is 73.1 Å². The summed E-state index contributed by atoms with van der Waals surface area (Å²) in [6, 6.07) is 19.8. The van der Waals surface area contributed by atoms with Gasteiger partial charge in [-0.05, 0) is 35.1 Å². The highest BCUT2D eigenvalue weighted by Crippen LogP contribution is 2.32. The van der Waals surface area contributed by atoms with E-state index in [2.05, 4.69) is 36.5 Å². The van der Waals surface area contributed by atoms with Gasteiger partial charge in [-0.1, -0.05) is 69.3 Å². The highest BCUT2D eigenvalue weighted by Gasteiger charge is 2.27. The Balaban J connectivity index is 1.53. The van der Waals surface area contributed by atoms with Gasteiger partial charge in [-0.2, -0.15) is 5.10 Å². The van der Waals surface area contributed by atoms with E-state index in [1.54, 1.807) is 0 Å². The van der Waals surface area contributed by atoms with Crippen molar-refractivity contribution in [2.24, 2.45) is 5.41 Å². The van der Waals surface area contributed by atoms with Gasteiger partial charge in [0.1, 0.15) is 0 Å². The Kier molecular flexibility index (Phi) is 6.14. The molecule has 0 spiro atoms. The van der Waals surface area contributed by atoms with Crippen molar-refractivity contribution in [1.82, 2.24) is 20.4 Å². The molecule has 1 heterocycles. The van der Waals surface area contributed by atoms with Crippen LogP contribution >= 0.6 is 0 Å². The van der Waals surface area contributed by atoms with Crippen LogP contribution in [0, 0.1) is 5.41 Å². The van der Waals surface area contributed by atoms with Crippen molar-refractivity contribution in [3.05, 3.63) is 84.2 Å². The number of hydrogen-bond donors (Lipinski definition) is 2. The predicted octanol–water partition coefficient (Wildman–Crippen LogP) is 4.50. The summed E-state index contributed by atoms with van der Waals surface area (Å²) < 4.78 is 1.85. The molecule has 0 radical (unpaired) electrons. The molecule has 0 saturated carbocycles. The molecule has 0 bridgehead atoms. The lowest BCUT2D eigenvalue weighted by Gasteiger charge is -2.32. The second-order valence-corrected chi connectivity index (χ2v) is 7.99. The highest BCUT2D eigenvalue weighted by atomic mass is 16.2. The Bertz CT molecular complexity index is 882. The maximum absolute atomic E-state index is 12.4. The second kappa shape index (κ2) is 8.74. The monoisotopic (exact) mass is 376 g/mol. The lowest BCUT2D eigenvalue weighted by molar-refractivity contribution is 0.218. The van der Waals surface area contributed by atoms with Crippen LogP contribution in [0.1, 0.15) is 37.9 Å². The van der Waals surface area contributed by atoms with Crippen LogP contribution in [0.25, 0.3) is 5.69 Å². The molecule has 5 heteroatoms. The summed E-state index contributed by atoms with van der Waals surface area (Å²) in [5.74, 6) is 0. The zero-order valence-corrected chi connectivity index (χ0v) is 16.7. The van der Waals surface area contributed by atoms with Gasteiger partial charge >= 0.3 is 6.03 Å². The Morgan fingerprint density at radius 1 is 1.04 bits per heavy atom. The molecule has 146 valence electrons. The van der Waals surface area contributed by atoms with Gasteiger partial charge in [-0.25, -0.2) is 9.48 Å². The van der Waals surface area contributed by atoms with Crippen LogP contribution < -0.4 is 10.6 Å². The van der Waals surface area contributed by atoms with Crippen molar-refractivity contribution >= 4 is 6.03 Å². The van der Waals surface area contributed by atoms with Crippen LogP contribution in [0.5, 0.6) is 0 Å². The van der Waals surface area contributed by atoms with Gasteiger partial charge in [0.05, 0.1) is 17.9 Å². The largest absolute Gasteiger partial charge is 0.338 e. The number of carbonyl (C=O) groups excluding carboxylic acids is 1. The molecule has 2 aromatic carbocycles. The molecule has 2 amide bonds. The number of nitrogens with zero attached hydrogens (tertiary/aromatic N) is 2. The molecule has 0 saturated heterocycles. The number of aromatic nitrogens is 2. The molecule has 0 aliphatic carbocycles.